The van der Waals surface area contributed by atoms with Crippen molar-refractivity contribution in [2.75, 3.05) is 52.0 Å². The molecule has 1 aliphatic rings. The highest BCUT2D eigenvalue weighted by molar-refractivity contribution is 5.95. The number of likely N-dealkylation sites (N-methyl/N-ethyl adjacent to an activating group) is 1. The molecular formula is C29H31F6N5O8. The van der Waals surface area contributed by atoms with E-state index in [2.05, 4.69) is 15.3 Å². The van der Waals surface area contributed by atoms with Crippen molar-refractivity contribution in [1.29, 1.82) is 0 Å². The number of nitrogen functional groups attached to an aromatic ring is 1. The number of carbonyl (C=O) groups excluding carboxylic acids is 1. The van der Waals surface area contributed by atoms with E-state index in [1.807, 2.05) is 55.4 Å². The van der Waals surface area contributed by atoms with Crippen LogP contribution in [0.3, 0.4) is 0 Å². The Morgan fingerprint density at radius 2 is 1.65 bits per heavy atom. The number of benzene rings is 2. The molecule has 1 atom stereocenters. The molecule has 1 aromatic heterocycles. The van der Waals surface area contributed by atoms with Crippen LogP contribution in [0.1, 0.15) is 5.56 Å². The molecule has 262 valence electrons. The van der Waals surface area contributed by atoms with Crippen molar-refractivity contribution in [2.24, 2.45) is 5.92 Å². The molecule has 5 N–H and O–H groups in total. The highest BCUT2D eigenvalue weighted by Crippen LogP contribution is 2.34. The van der Waals surface area contributed by atoms with Gasteiger partial charge in [-0.05, 0) is 62.5 Å². The molecule has 2 heterocycles. The first-order valence-electron chi connectivity index (χ1n) is 13.5. The third-order valence-corrected chi connectivity index (χ3v) is 6.04. The van der Waals surface area contributed by atoms with E-state index in [4.69, 9.17) is 39.7 Å². The lowest BCUT2D eigenvalue weighted by Gasteiger charge is -2.25. The minimum Gasteiger partial charge on any atom is -0.497 e. The van der Waals surface area contributed by atoms with Gasteiger partial charge in [-0.3, -0.25) is 4.79 Å². The van der Waals surface area contributed by atoms with Crippen LogP contribution in [0.5, 0.6) is 17.2 Å². The molecule has 0 spiro atoms. The van der Waals surface area contributed by atoms with Gasteiger partial charge in [-0.15, -0.1) is 0 Å². The molecule has 19 heteroatoms. The van der Waals surface area contributed by atoms with Crippen molar-refractivity contribution in [2.45, 2.75) is 18.8 Å². The number of methoxy groups -OCH3 is 1. The summed E-state index contributed by atoms with van der Waals surface area (Å²) < 4.78 is 80.6. The maximum atomic E-state index is 13.1. The van der Waals surface area contributed by atoms with Gasteiger partial charge in [-0.25, -0.2) is 19.6 Å². The number of aliphatic carboxylic acids is 2. The maximum Gasteiger partial charge on any atom is 0.490 e. The Kier molecular flexibility index (Phi) is 13.8. The standard InChI is InChI=1S/C25H29N5O4.2C2HF3O2/c1-30(2)10-11-33-23-14-16(20-8-9-27-25(26)29-20)4-6-21(23)28-24(31)18-12-17-13-19(32-3)5-7-22(17)34-15-18;2*3-2(4,5)1(6)7/h4-9,13-14,18H,10-12,15H2,1-3H3,(H,28,31)(H2,26,27,29);2*(H,6,7). The lowest BCUT2D eigenvalue weighted by atomic mass is 9.95. The predicted octanol–water partition coefficient (Wildman–Crippen LogP) is 4.13. The van der Waals surface area contributed by atoms with E-state index in [1.54, 1.807) is 19.4 Å². The molecule has 0 saturated carbocycles. The summed E-state index contributed by atoms with van der Waals surface area (Å²) >= 11 is 0. The third-order valence-electron chi connectivity index (χ3n) is 6.04. The van der Waals surface area contributed by atoms with Gasteiger partial charge in [0.25, 0.3) is 0 Å². The Labute approximate surface area is 269 Å². The number of hydrogen-bond acceptors (Lipinski definition) is 10. The van der Waals surface area contributed by atoms with Crippen molar-refractivity contribution in [1.82, 2.24) is 14.9 Å². The van der Waals surface area contributed by atoms with Crippen LogP contribution in [0.25, 0.3) is 11.3 Å². The number of carboxylic acid groups (broad SMARTS) is 2. The van der Waals surface area contributed by atoms with Gasteiger partial charge in [-0.1, -0.05) is 6.07 Å². The molecule has 13 nitrogen and oxygen atoms in total. The number of hydrogen-bond donors (Lipinski definition) is 4. The van der Waals surface area contributed by atoms with Gasteiger partial charge < -0.3 is 40.4 Å². The zero-order valence-electron chi connectivity index (χ0n) is 25.6. The van der Waals surface area contributed by atoms with E-state index < -0.39 is 24.3 Å². The lowest BCUT2D eigenvalue weighted by Crippen LogP contribution is -2.32. The van der Waals surface area contributed by atoms with Gasteiger partial charge >= 0.3 is 24.3 Å². The van der Waals surface area contributed by atoms with Gasteiger partial charge in [0.2, 0.25) is 11.9 Å². The molecule has 0 radical (unpaired) electrons. The molecule has 3 aromatic rings. The Hall–Kier alpha value is -5.33. The first-order valence-corrected chi connectivity index (χ1v) is 13.5. The molecular weight excluding hydrogens is 660 g/mol. The fourth-order valence-corrected chi connectivity index (χ4v) is 3.68. The number of carboxylic acids is 2. The van der Waals surface area contributed by atoms with Crippen molar-refractivity contribution in [3.63, 3.8) is 0 Å². The van der Waals surface area contributed by atoms with E-state index in [0.717, 1.165) is 29.2 Å². The van der Waals surface area contributed by atoms with Crippen molar-refractivity contribution >= 4 is 29.5 Å². The molecule has 1 aliphatic heterocycles. The number of fused-ring (bicyclic) bond motifs is 1. The largest absolute Gasteiger partial charge is 0.497 e. The van der Waals surface area contributed by atoms with Crippen LogP contribution in [-0.4, -0.2) is 96.2 Å². The van der Waals surface area contributed by atoms with Crippen LogP contribution in [0.15, 0.2) is 48.7 Å². The second kappa shape index (κ2) is 17.0. The normalized spacial score (nSPS) is 13.8. The summed E-state index contributed by atoms with van der Waals surface area (Å²) in [5.74, 6) is -3.71. The molecule has 0 bridgehead atoms. The third kappa shape index (κ3) is 12.5. The average molecular weight is 692 g/mol. The molecule has 1 unspecified atom stereocenters. The van der Waals surface area contributed by atoms with E-state index in [1.165, 1.54) is 0 Å². The zero-order valence-corrected chi connectivity index (χ0v) is 25.6. The molecule has 0 fully saturated rings. The minimum atomic E-state index is -5.08. The minimum absolute atomic E-state index is 0.134. The smallest absolute Gasteiger partial charge is 0.490 e. The Balaban J connectivity index is 0.000000479. The number of nitrogens with two attached hydrogens (primary N) is 1. The number of anilines is 2. The van der Waals surface area contributed by atoms with E-state index in [-0.39, 0.29) is 17.8 Å². The Bertz CT molecular complexity index is 1550. The number of amides is 1. The van der Waals surface area contributed by atoms with Crippen molar-refractivity contribution < 1.29 is 65.1 Å². The first-order chi connectivity index (χ1) is 22.3. The van der Waals surface area contributed by atoms with Gasteiger partial charge in [0, 0.05) is 18.3 Å². The van der Waals surface area contributed by atoms with E-state index in [0.29, 0.717) is 36.8 Å². The highest BCUT2D eigenvalue weighted by atomic mass is 19.4. The number of alkyl halides is 6. The summed E-state index contributed by atoms with van der Waals surface area (Å²) in [4.78, 5) is 41.2. The van der Waals surface area contributed by atoms with Crippen LogP contribution >= 0.6 is 0 Å². The maximum absolute atomic E-state index is 13.1. The van der Waals surface area contributed by atoms with Gasteiger partial charge in [0.15, 0.2) is 0 Å². The van der Waals surface area contributed by atoms with E-state index in [9.17, 15) is 31.1 Å². The lowest BCUT2D eigenvalue weighted by molar-refractivity contribution is -0.193. The van der Waals surface area contributed by atoms with E-state index >= 15 is 0 Å². The zero-order chi connectivity index (χ0) is 36.2. The van der Waals surface area contributed by atoms with Crippen LogP contribution in [0.4, 0.5) is 38.0 Å². The number of rotatable bonds is 8. The summed E-state index contributed by atoms with van der Waals surface area (Å²) in [5.41, 5.74) is 8.77. The molecule has 4 rings (SSSR count). The second-order valence-corrected chi connectivity index (χ2v) is 9.94. The van der Waals surface area contributed by atoms with Crippen molar-refractivity contribution in [3.05, 3.63) is 54.2 Å². The van der Waals surface area contributed by atoms with Crippen LogP contribution < -0.4 is 25.3 Å². The number of nitrogens with zero attached hydrogens (tertiary/aromatic N) is 3. The molecule has 0 aliphatic carbocycles. The Morgan fingerprint density at radius 1 is 1.02 bits per heavy atom. The van der Waals surface area contributed by atoms with Gasteiger partial charge in [0.1, 0.15) is 30.5 Å². The van der Waals surface area contributed by atoms with Crippen LogP contribution in [0, 0.1) is 5.92 Å². The molecule has 2 aromatic carbocycles. The number of aromatic nitrogens is 2. The number of ether oxygens (including phenoxy) is 3. The molecule has 48 heavy (non-hydrogen) atoms. The fourth-order valence-electron chi connectivity index (χ4n) is 3.68. The average Bonchev–Trinajstić information content (AvgIpc) is 3.00. The summed E-state index contributed by atoms with van der Waals surface area (Å²) in [7, 11) is 5.57. The number of halogens is 6. The quantitative estimate of drug-likeness (QED) is 0.248. The highest BCUT2D eigenvalue weighted by Gasteiger charge is 2.39. The van der Waals surface area contributed by atoms with Gasteiger partial charge in [0.05, 0.1) is 24.4 Å². The number of nitrogens with one attached hydrogen (secondary N) is 1. The number of carbonyl (C=O) groups is 3. The Morgan fingerprint density at radius 3 is 2.19 bits per heavy atom. The van der Waals surface area contributed by atoms with Crippen LogP contribution in [0.2, 0.25) is 0 Å². The SMILES string of the molecule is COc1ccc2c(c1)CC(C(=O)Nc1ccc(-c3ccnc(N)n3)cc1OCCN(C)C)CO2.O=C(O)C(F)(F)F.O=C(O)C(F)(F)F. The monoisotopic (exact) mass is 691 g/mol. The molecule has 0 saturated heterocycles. The van der Waals surface area contributed by atoms with Crippen LogP contribution in [-0.2, 0) is 20.8 Å². The summed E-state index contributed by atoms with van der Waals surface area (Å²) in [5, 5.41) is 17.3. The molecule has 1 amide bonds. The summed E-state index contributed by atoms with van der Waals surface area (Å²) in [6.07, 6.45) is -8.00. The van der Waals surface area contributed by atoms with Crippen molar-refractivity contribution in [3.8, 4) is 28.5 Å². The summed E-state index contributed by atoms with van der Waals surface area (Å²) in [6.45, 7) is 1.50. The predicted molar refractivity (Wildman–Crippen MR) is 158 cm³/mol. The summed E-state index contributed by atoms with van der Waals surface area (Å²) in [6, 6.07) is 12.9. The topological polar surface area (TPSA) is 186 Å². The van der Waals surface area contributed by atoms with Gasteiger partial charge in [-0.2, -0.15) is 26.3 Å². The first kappa shape index (κ1) is 38.9. The fraction of sp³-hybridized carbons (Fsp3) is 0.345. The second-order valence-electron chi connectivity index (χ2n) is 9.94.